The van der Waals surface area contributed by atoms with Gasteiger partial charge in [0.1, 0.15) is 0 Å². The Labute approximate surface area is 122 Å². The van der Waals surface area contributed by atoms with E-state index in [0.717, 1.165) is 29.3 Å². The highest BCUT2D eigenvalue weighted by Gasteiger charge is 2.05. The van der Waals surface area contributed by atoms with Crippen LogP contribution in [0.15, 0.2) is 36.5 Å². The number of aromatic nitrogens is 1. The molecule has 0 unspecified atom stereocenters. The molecule has 2 rings (SSSR count). The predicted octanol–water partition coefficient (Wildman–Crippen LogP) is 1.38. The Bertz CT molecular complexity index is 638. The number of nitrogens with zero attached hydrogens (tertiary/aromatic N) is 1. The van der Waals surface area contributed by atoms with E-state index in [2.05, 4.69) is 15.0 Å². The van der Waals surface area contributed by atoms with Crippen molar-refractivity contribution < 1.29 is 14.3 Å². The first-order chi connectivity index (χ1) is 10.2. The first-order valence-corrected chi connectivity index (χ1v) is 6.68. The Morgan fingerprint density at radius 1 is 1.24 bits per heavy atom. The van der Waals surface area contributed by atoms with Gasteiger partial charge in [-0.15, -0.1) is 0 Å². The minimum atomic E-state index is -0.676. The van der Waals surface area contributed by atoms with Gasteiger partial charge in [-0.2, -0.15) is 0 Å². The Hall–Kier alpha value is -2.63. The summed E-state index contributed by atoms with van der Waals surface area (Å²) in [5.74, 6) is -0.676. The molecule has 0 saturated heterocycles. The van der Waals surface area contributed by atoms with Gasteiger partial charge < -0.3 is 15.8 Å². The molecule has 0 aliphatic heterocycles. The summed E-state index contributed by atoms with van der Waals surface area (Å²) in [6.45, 7) is 0.0409. The summed E-state index contributed by atoms with van der Waals surface area (Å²) in [5.41, 5.74) is 5.87. The number of ether oxygens (including phenoxy) is 1. The number of primary amides is 1. The molecule has 6 nitrogen and oxygen atoms in total. The van der Waals surface area contributed by atoms with Crippen LogP contribution in [0.5, 0.6) is 0 Å². The maximum absolute atomic E-state index is 11.2. The molecule has 0 fully saturated rings. The zero-order valence-corrected chi connectivity index (χ0v) is 11.5. The maximum atomic E-state index is 11.2. The van der Waals surface area contributed by atoms with E-state index in [9.17, 15) is 9.59 Å². The average Bonchev–Trinajstić information content (AvgIpc) is 2.49. The Morgan fingerprint density at radius 2 is 2.05 bits per heavy atom. The second-order valence-electron chi connectivity index (χ2n) is 4.55. The van der Waals surface area contributed by atoms with E-state index in [1.54, 1.807) is 6.20 Å². The topological polar surface area (TPSA) is 94.3 Å². The third kappa shape index (κ3) is 4.45. The van der Waals surface area contributed by atoms with Crippen molar-refractivity contribution >= 4 is 22.8 Å². The monoisotopic (exact) mass is 287 g/mol. The lowest BCUT2D eigenvalue weighted by Crippen LogP contribution is -2.29. The number of fused-ring (bicyclic) bond motifs is 1. The van der Waals surface area contributed by atoms with Crippen molar-refractivity contribution in [3.8, 4) is 0 Å². The Balaban J connectivity index is 1.80. The normalized spacial score (nSPS) is 10.3. The van der Waals surface area contributed by atoms with Crippen LogP contribution in [0.3, 0.4) is 0 Å². The first kappa shape index (κ1) is 14.8. The SMILES string of the molecule is NC(=O)COC(=O)NCCCc1nccc2ccccc12. The molecule has 0 atom stereocenters. The third-order valence-electron chi connectivity index (χ3n) is 2.96. The number of amides is 2. The molecule has 3 N–H and O–H groups in total. The fourth-order valence-corrected chi connectivity index (χ4v) is 2.02. The molecule has 110 valence electrons. The molecule has 1 aromatic carbocycles. The van der Waals surface area contributed by atoms with Crippen LogP contribution >= 0.6 is 0 Å². The van der Waals surface area contributed by atoms with Gasteiger partial charge in [-0.3, -0.25) is 9.78 Å². The van der Waals surface area contributed by atoms with Crippen molar-refractivity contribution in [3.63, 3.8) is 0 Å². The number of alkyl carbamates (subject to hydrolysis) is 1. The fourth-order valence-electron chi connectivity index (χ4n) is 2.02. The van der Waals surface area contributed by atoms with E-state index in [1.165, 1.54) is 0 Å². The molecular weight excluding hydrogens is 270 g/mol. The van der Waals surface area contributed by atoms with Gasteiger partial charge >= 0.3 is 6.09 Å². The lowest BCUT2D eigenvalue weighted by atomic mass is 10.1. The van der Waals surface area contributed by atoms with Crippen LogP contribution in [0.1, 0.15) is 12.1 Å². The van der Waals surface area contributed by atoms with E-state index >= 15 is 0 Å². The summed E-state index contributed by atoms with van der Waals surface area (Å²) < 4.78 is 4.59. The van der Waals surface area contributed by atoms with Gasteiger partial charge in [0, 0.05) is 23.8 Å². The Morgan fingerprint density at radius 3 is 2.86 bits per heavy atom. The molecular formula is C15H17N3O3. The predicted molar refractivity (Wildman–Crippen MR) is 78.6 cm³/mol. The molecule has 6 heteroatoms. The lowest BCUT2D eigenvalue weighted by Gasteiger charge is -2.07. The maximum Gasteiger partial charge on any atom is 0.407 e. The van der Waals surface area contributed by atoms with E-state index in [0.29, 0.717) is 6.54 Å². The molecule has 0 radical (unpaired) electrons. The van der Waals surface area contributed by atoms with Gasteiger partial charge in [-0.05, 0) is 24.3 Å². The number of benzene rings is 1. The molecule has 2 amide bonds. The number of nitrogens with two attached hydrogens (primary N) is 1. The van der Waals surface area contributed by atoms with E-state index in [1.807, 2.05) is 30.3 Å². The second-order valence-corrected chi connectivity index (χ2v) is 4.55. The van der Waals surface area contributed by atoms with Gasteiger partial charge in [0.25, 0.3) is 5.91 Å². The summed E-state index contributed by atoms with van der Waals surface area (Å²) >= 11 is 0. The van der Waals surface area contributed by atoms with Crippen LogP contribution in [-0.4, -0.2) is 30.1 Å². The number of nitrogens with one attached hydrogen (secondary N) is 1. The smallest absolute Gasteiger partial charge is 0.407 e. The van der Waals surface area contributed by atoms with Crippen LogP contribution < -0.4 is 11.1 Å². The number of hydrogen-bond donors (Lipinski definition) is 2. The highest BCUT2D eigenvalue weighted by Crippen LogP contribution is 2.17. The molecule has 1 heterocycles. The van der Waals surface area contributed by atoms with Crippen LogP contribution in [0.25, 0.3) is 10.8 Å². The quantitative estimate of drug-likeness (QED) is 0.785. The van der Waals surface area contributed by atoms with Crippen LogP contribution in [0.4, 0.5) is 4.79 Å². The number of hydrogen-bond acceptors (Lipinski definition) is 4. The summed E-state index contributed by atoms with van der Waals surface area (Å²) in [6.07, 6.45) is 2.62. The van der Waals surface area contributed by atoms with Crippen molar-refractivity contribution in [2.24, 2.45) is 5.73 Å². The van der Waals surface area contributed by atoms with Crippen molar-refractivity contribution in [1.82, 2.24) is 10.3 Å². The van der Waals surface area contributed by atoms with Gasteiger partial charge in [-0.25, -0.2) is 4.79 Å². The summed E-state index contributed by atoms with van der Waals surface area (Å²) in [7, 11) is 0. The number of aryl methyl sites for hydroxylation is 1. The minimum absolute atomic E-state index is 0.406. The standard InChI is InChI=1S/C15H17N3O3/c16-14(19)10-21-15(20)18-8-3-6-13-12-5-2-1-4-11(12)7-9-17-13/h1-2,4-5,7,9H,3,6,8,10H2,(H2,16,19)(H,18,20). The summed E-state index contributed by atoms with van der Waals surface area (Å²) in [5, 5.41) is 4.83. The number of pyridine rings is 1. The van der Waals surface area contributed by atoms with Gasteiger partial charge in [0.05, 0.1) is 0 Å². The van der Waals surface area contributed by atoms with Crippen molar-refractivity contribution in [1.29, 1.82) is 0 Å². The minimum Gasteiger partial charge on any atom is -0.439 e. The second kappa shape index (κ2) is 7.23. The highest BCUT2D eigenvalue weighted by atomic mass is 16.6. The molecule has 0 aliphatic carbocycles. The van der Waals surface area contributed by atoms with Crippen molar-refractivity contribution in [2.45, 2.75) is 12.8 Å². The largest absolute Gasteiger partial charge is 0.439 e. The number of carbonyl (C=O) groups excluding carboxylic acids is 2. The molecule has 0 spiro atoms. The van der Waals surface area contributed by atoms with Gasteiger partial charge in [-0.1, -0.05) is 24.3 Å². The summed E-state index contributed by atoms with van der Waals surface area (Å²) in [6, 6.07) is 10.0. The molecule has 1 aromatic heterocycles. The fraction of sp³-hybridized carbons (Fsp3) is 0.267. The zero-order valence-electron chi connectivity index (χ0n) is 11.5. The van der Waals surface area contributed by atoms with Gasteiger partial charge in [0.2, 0.25) is 0 Å². The molecule has 0 saturated carbocycles. The van der Waals surface area contributed by atoms with Crippen molar-refractivity contribution in [3.05, 3.63) is 42.2 Å². The number of rotatable bonds is 6. The van der Waals surface area contributed by atoms with Crippen LogP contribution in [0.2, 0.25) is 0 Å². The average molecular weight is 287 g/mol. The Kier molecular flexibility index (Phi) is 5.09. The van der Waals surface area contributed by atoms with Crippen LogP contribution in [0, 0.1) is 0 Å². The highest BCUT2D eigenvalue weighted by molar-refractivity contribution is 5.84. The van der Waals surface area contributed by atoms with Crippen molar-refractivity contribution in [2.75, 3.05) is 13.2 Å². The van der Waals surface area contributed by atoms with Crippen LogP contribution in [-0.2, 0) is 16.0 Å². The van der Waals surface area contributed by atoms with E-state index in [-0.39, 0.29) is 0 Å². The van der Waals surface area contributed by atoms with E-state index < -0.39 is 18.6 Å². The first-order valence-electron chi connectivity index (χ1n) is 6.68. The summed E-state index contributed by atoms with van der Waals surface area (Å²) in [4.78, 5) is 26.0. The molecule has 0 aliphatic rings. The lowest BCUT2D eigenvalue weighted by molar-refractivity contribution is -0.120. The zero-order chi connectivity index (χ0) is 15.1. The van der Waals surface area contributed by atoms with Gasteiger partial charge in [0.15, 0.2) is 6.61 Å². The van der Waals surface area contributed by atoms with E-state index in [4.69, 9.17) is 5.73 Å². The molecule has 2 aromatic rings. The molecule has 0 bridgehead atoms. The third-order valence-corrected chi connectivity index (χ3v) is 2.96. The molecule has 21 heavy (non-hydrogen) atoms. The number of carbonyl (C=O) groups is 2.